The Morgan fingerprint density at radius 2 is 0.397 bits per heavy atom. The quantitative estimate of drug-likeness (QED) is 0.0225. The van der Waals surface area contributed by atoms with Gasteiger partial charge in [0.2, 0.25) is 6.08 Å². The molecule has 0 saturated carbocycles. The monoisotopic (exact) mass is 2560 g/mol. The van der Waals surface area contributed by atoms with E-state index in [2.05, 4.69) is 203 Å². The number of rotatable bonds is 20. The molecule has 0 aromatic heterocycles. The Morgan fingerprint density at radius 3 is 0.582 bits per heavy atom. The fraction of sp³-hybridized carbons (Fsp3) is 0.116. The van der Waals surface area contributed by atoms with Gasteiger partial charge in [-0.25, -0.2) is 9.59 Å². The SMILES string of the molecule is COC#N.COC#N.COC#N.COC#N.COC#N.COC#N.N#COc1ccc(C2(c3ccc(N=C=O)cc3)OC(=O)c3ccccc32)cc1.N#COc1ccc(Cc2ccc(OC#N)cc2)cc1.N#COc1ccc(Cc2ccc(OC#N)cc2)cc1.[CH3-].[CH3-].[CH3-].[CH3-].[CH3-].[CH3-].[CH3-].[CH3-].[Y].[Y].[Y].[Y].[Y].[Y].[Y].[Y].c1ccc(Cc2ccc(Cc3ccccc3)cc2)cc1.c1ccc(Cc2ccc(Cc3ccccc3)cc2)cc1. The van der Waals surface area contributed by atoms with Crippen LogP contribution in [0.2, 0.25) is 0 Å². The zero-order chi connectivity index (χ0) is 94.3. The predicted molar refractivity (Wildman–Crippen MR) is 532 cm³/mol. The number of carbonyl (C=O) groups excluding carboxylic acids is 2. The maximum Gasteiger partial charge on any atom is 0.340 e. The molecule has 13 aromatic rings. The summed E-state index contributed by atoms with van der Waals surface area (Å²) < 4.78 is 52.7. The summed E-state index contributed by atoms with van der Waals surface area (Å²) in [6.07, 6.45) is 23.8. The number of nitrogens with zero attached hydrogens (tertiary/aromatic N) is 12. The van der Waals surface area contributed by atoms with Crippen molar-refractivity contribution in [2.24, 2.45) is 4.99 Å². The average molecular weight is 2560 g/mol. The molecule has 146 heavy (non-hydrogen) atoms. The second kappa shape index (κ2) is 105. The first-order chi connectivity index (χ1) is 63.6. The van der Waals surface area contributed by atoms with E-state index in [1.54, 1.807) is 140 Å². The largest absolute Gasteiger partial charge is 0.441 e. The maximum absolute atomic E-state index is 12.6. The van der Waals surface area contributed by atoms with Gasteiger partial charge in [0.15, 0.2) is 5.60 Å². The van der Waals surface area contributed by atoms with Gasteiger partial charge in [-0.05, 0) is 184 Å². The number of hydrogen-bond acceptors (Lipinski definition) is 26. The van der Waals surface area contributed by atoms with Crippen LogP contribution in [0.25, 0.3) is 0 Å². The van der Waals surface area contributed by atoms with Crippen molar-refractivity contribution in [2.45, 2.75) is 44.1 Å². The minimum Gasteiger partial charge on any atom is -0.441 e. The Balaban J connectivity index is -0.000000127. The second-order valence-electron chi connectivity index (χ2n) is 25.8. The Bertz CT molecular complexity index is 5470. The Kier molecular flexibility index (Phi) is 117. The minimum atomic E-state index is -1.16. The fourth-order valence-electron chi connectivity index (χ4n) is 11.7. The van der Waals surface area contributed by atoms with Crippen LogP contribution in [0.5, 0.6) is 28.7 Å². The van der Waals surface area contributed by atoms with Crippen LogP contribution >= 0.6 is 0 Å². The van der Waals surface area contributed by atoms with E-state index in [4.69, 9.17) is 86.3 Å². The third kappa shape index (κ3) is 66.9. The molecule has 0 N–H and O–H groups in total. The zero-order valence-corrected chi connectivity index (χ0v) is 107. The number of nitriles is 11. The van der Waals surface area contributed by atoms with Crippen LogP contribution in [0.3, 0.4) is 0 Å². The molecule has 1 unspecified atom stereocenters. The van der Waals surface area contributed by atoms with Gasteiger partial charge >= 0.3 is 5.97 Å². The summed E-state index contributed by atoms with van der Waals surface area (Å²) in [5, 5.41) is 86.7. The van der Waals surface area contributed by atoms with Gasteiger partial charge in [0.05, 0.1) is 53.9 Å². The second-order valence-corrected chi connectivity index (χ2v) is 25.8. The topological polar surface area (TPSA) is 419 Å². The molecule has 0 bridgehead atoms. The number of isocyanates is 1. The van der Waals surface area contributed by atoms with Crippen LogP contribution in [0.1, 0.15) is 93.8 Å². The molecular weight excluding hydrogens is 2450 g/mol. The summed E-state index contributed by atoms with van der Waals surface area (Å²) in [5.74, 6) is 2.08. The first-order valence-electron chi connectivity index (χ1n) is 38.7. The van der Waals surface area contributed by atoms with Crippen LogP contribution in [0.4, 0.5) is 5.69 Å². The number of esters is 1. The summed E-state index contributed by atoms with van der Waals surface area (Å²) in [4.78, 5) is 26.7. The van der Waals surface area contributed by atoms with E-state index in [1.165, 1.54) is 131 Å². The van der Waals surface area contributed by atoms with Crippen molar-refractivity contribution in [3.05, 3.63) is 488 Å². The summed E-state index contributed by atoms with van der Waals surface area (Å²) in [7, 11) is 7.92. The smallest absolute Gasteiger partial charge is 0.340 e. The normalized spacial score (nSPS) is 9.16. The minimum absolute atomic E-state index is 0. The molecule has 0 amide bonds. The Hall–Kier alpha value is -10.3. The molecule has 26 nitrogen and oxygen atoms in total. The number of cyclic esters (lactones) is 1. The van der Waals surface area contributed by atoms with E-state index in [0.29, 0.717) is 56.7 Å². The Labute approximate surface area is 1070 Å². The van der Waals surface area contributed by atoms with Crippen molar-refractivity contribution in [1.29, 1.82) is 57.9 Å². The van der Waals surface area contributed by atoms with Crippen LogP contribution in [-0.2, 0) is 344 Å². The molecule has 0 saturated heterocycles. The van der Waals surface area contributed by atoms with Crippen LogP contribution in [0, 0.1) is 186 Å². The molecule has 8 radical (unpaired) electrons. The van der Waals surface area contributed by atoms with Crippen LogP contribution < -0.4 is 23.7 Å². The Morgan fingerprint density at radius 1 is 0.233 bits per heavy atom. The van der Waals surface area contributed by atoms with E-state index in [1.807, 2.05) is 60.7 Å². The average Bonchev–Trinajstić information content (AvgIpc) is 1.57. The van der Waals surface area contributed by atoms with Gasteiger partial charge in [-0.3, -0.25) is 0 Å². The van der Waals surface area contributed by atoms with E-state index in [-0.39, 0.29) is 321 Å². The molecule has 14 rings (SSSR count). The number of ether oxygens (including phenoxy) is 12. The molecule has 0 fully saturated rings. The molecule has 34 heteroatoms. The zero-order valence-electron chi connectivity index (χ0n) is 84.3. The van der Waals surface area contributed by atoms with Crippen LogP contribution in [-0.4, -0.2) is 54.7 Å². The third-order valence-electron chi connectivity index (χ3n) is 17.4. The van der Waals surface area contributed by atoms with E-state index in [9.17, 15) is 9.59 Å². The van der Waals surface area contributed by atoms with E-state index < -0.39 is 11.6 Å². The first kappa shape index (κ1) is 164. The first-order valence-corrected chi connectivity index (χ1v) is 38.7. The molecule has 1 aliphatic heterocycles. The molecule has 734 valence electrons. The number of fused-ring (bicyclic) bond motifs is 1. The summed E-state index contributed by atoms with van der Waals surface area (Å²) in [5.41, 5.74) is 17.2. The molecule has 13 aromatic carbocycles. The van der Waals surface area contributed by atoms with Crippen molar-refractivity contribution in [1.82, 2.24) is 0 Å². The van der Waals surface area contributed by atoms with Gasteiger partial charge in [0.25, 0.3) is 68.8 Å². The molecule has 1 atom stereocenters. The summed E-state index contributed by atoms with van der Waals surface area (Å²) >= 11 is 0. The van der Waals surface area contributed by atoms with Gasteiger partial charge in [-0.15, -0.1) is 26.3 Å². The van der Waals surface area contributed by atoms with Gasteiger partial charge < -0.3 is 116 Å². The number of carbonyl (C=O) groups is 1. The van der Waals surface area contributed by atoms with Crippen molar-refractivity contribution >= 4 is 17.7 Å². The predicted octanol–water partition coefficient (Wildman–Crippen LogP) is 24.0. The number of aliphatic imine (C=N–C) groups is 1. The molecule has 0 aliphatic carbocycles. The van der Waals surface area contributed by atoms with Crippen molar-refractivity contribution in [3.63, 3.8) is 0 Å². The van der Waals surface area contributed by atoms with Gasteiger partial charge in [-0.1, -0.05) is 261 Å². The third-order valence-corrected chi connectivity index (χ3v) is 17.4. The molecule has 1 aliphatic rings. The molecular formula is C112H110N12O14Y8-8. The molecule has 0 spiro atoms. The number of benzene rings is 13. The van der Waals surface area contributed by atoms with Crippen molar-refractivity contribution in [2.75, 3.05) is 42.7 Å². The van der Waals surface area contributed by atoms with Gasteiger partial charge in [0, 0.05) is 278 Å². The standard InChI is InChI=1S/C22H12N2O4.2C20H18.2C15H10N2O2.6C2H3NO.8CH3.8Y/c23-13-27-18-11-7-16(8-12-18)22(15-5-9-17(10-6-15)24-14-25)20-4-2-1-3-19(20)21(26)28-22;2*1-3-7-17(8-4-1)15-19-11-13-20(14-12-19)16-18-9-5-2-6-10-18;2*16-10-18-14-5-1-12(2-6-14)9-13-3-7-15(8-4-13)19-11-17;6*1-4-2-3;;;;;;;;;;;;;;;;/h1-12H;2*1-14H,15-16H2;2*1-8H,9H2;6*1H3;8*1H3;;;;;;;;/q;;;;;;;;;;;8*-1;;;;;;;;. The van der Waals surface area contributed by atoms with Crippen molar-refractivity contribution in [3.8, 4) is 97.6 Å². The van der Waals surface area contributed by atoms with E-state index in [0.717, 1.165) is 60.8 Å². The summed E-state index contributed by atoms with van der Waals surface area (Å²) in [6.45, 7) is 0. The maximum atomic E-state index is 12.6. The van der Waals surface area contributed by atoms with Crippen LogP contribution in [0.15, 0.2) is 345 Å². The van der Waals surface area contributed by atoms with Gasteiger partial charge in [0.1, 0.15) is 28.7 Å². The van der Waals surface area contributed by atoms with Gasteiger partial charge in [-0.2, -0.15) is 36.6 Å². The molecule has 1 heterocycles. The number of methoxy groups -OCH3 is 6. The van der Waals surface area contributed by atoms with Crippen molar-refractivity contribution < 1.29 is 328 Å². The number of hydrogen-bond donors (Lipinski definition) is 0. The summed E-state index contributed by atoms with van der Waals surface area (Å²) in [6, 6.07) is 110. The fourth-order valence-corrected chi connectivity index (χ4v) is 11.7. The van der Waals surface area contributed by atoms with E-state index >= 15 is 0 Å².